The Balaban J connectivity index is 1.95. The average molecular weight is 358 g/mol. The Morgan fingerprint density at radius 1 is 1.04 bits per heavy atom. The zero-order valence-corrected chi connectivity index (χ0v) is 15.6. The lowest BCUT2D eigenvalue weighted by Crippen LogP contribution is -2.09. The molecule has 4 heteroatoms. The molecular weight excluding hydrogens is 336 g/mol. The Morgan fingerprint density at radius 2 is 1.78 bits per heavy atom. The van der Waals surface area contributed by atoms with E-state index in [-0.39, 0.29) is 5.97 Å². The van der Waals surface area contributed by atoms with Crippen LogP contribution in [0.4, 0.5) is 0 Å². The molecule has 0 radical (unpaired) electrons. The van der Waals surface area contributed by atoms with E-state index in [4.69, 9.17) is 4.74 Å². The van der Waals surface area contributed by atoms with Crippen LogP contribution in [0.5, 0.6) is 0 Å². The fraction of sp³-hybridized carbons (Fsp3) is 0.217. The van der Waals surface area contributed by atoms with Gasteiger partial charge in [0.05, 0.1) is 17.6 Å². The van der Waals surface area contributed by atoms with Gasteiger partial charge in [-0.1, -0.05) is 49.7 Å². The number of esters is 1. The second-order valence-electron chi connectivity index (χ2n) is 6.66. The van der Waals surface area contributed by atoms with Crippen molar-refractivity contribution in [3.63, 3.8) is 0 Å². The third-order valence-electron chi connectivity index (χ3n) is 4.79. The smallest absolute Gasteiger partial charge is 0.357 e. The maximum absolute atomic E-state index is 12.5. The molecular formula is C23H22N2O2. The number of carbonyl (C=O) groups excluding carboxylic acids is 1. The van der Waals surface area contributed by atoms with Crippen molar-refractivity contribution >= 4 is 27.8 Å². The summed E-state index contributed by atoms with van der Waals surface area (Å²) in [6.45, 7) is 4.45. The number of hydrogen-bond donors (Lipinski definition) is 0. The number of unbranched alkanes of at least 4 members (excludes halogenated alkanes) is 1. The molecule has 0 aliphatic heterocycles. The summed E-state index contributed by atoms with van der Waals surface area (Å²) in [5.41, 5.74) is 4.31. The number of carbonyl (C=O) groups is 1. The molecule has 0 bridgehead atoms. The first-order valence-electron chi connectivity index (χ1n) is 9.34. The predicted octanol–water partition coefficient (Wildman–Crippen LogP) is 5.44. The van der Waals surface area contributed by atoms with Crippen molar-refractivity contribution < 1.29 is 9.53 Å². The molecule has 0 N–H and O–H groups in total. The van der Waals surface area contributed by atoms with Crippen LogP contribution in [0.2, 0.25) is 0 Å². The maximum Gasteiger partial charge on any atom is 0.357 e. The maximum atomic E-state index is 12.5. The predicted molar refractivity (Wildman–Crippen MR) is 109 cm³/mol. The van der Waals surface area contributed by atoms with E-state index in [9.17, 15) is 4.79 Å². The molecule has 0 amide bonds. The number of rotatable bonds is 5. The summed E-state index contributed by atoms with van der Waals surface area (Å²) in [5, 5.41) is 2.20. The van der Waals surface area contributed by atoms with E-state index < -0.39 is 0 Å². The van der Waals surface area contributed by atoms with Gasteiger partial charge in [-0.3, -0.25) is 0 Å². The van der Waals surface area contributed by atoms with Gasteiger partial charge >= 0.3 is 5.97 Å². The lowest BCUT2D eigenvalue weighted by molar-refractivity contribution is 0.0493. The summed E-state index contributed by atoms with van der Waals surface area (Å²) in [5.74, 6) is -0.363. The highest BCUT2D eigenvalue weighted by Crippen LogP contribution is 2.33. The first-order valence-corrected chi connectivity index (χ1v) is 9.34. The molecule has 4 rings (SSSR count). The molecule has 27 heavy (non-hydrogen) atoms. The highest BCUT2D eigenvalue weighted by atomic mass is 16.5. The molecule has 0 saturated carbocycles. The van der Waals surface area contributed by atoms with Crippen LogP contribution >= 0.6 is 0 Å². The monoisotopic (exact) mass is 358 g/mol. The van der Waals surface area contributed by atoms with Gasteiger partial charge in [0, 0.05) is 22.2 Å². The SMILES string of the molecule is CCCCOC(=O)c1cc2c(c(C)n1)c1ccccc1n2-c1ccccc1. The molecule has 136 valence electrons. The fourth-order valence-electron chi connectivity index (χ4n) is 3.52. The highest BCUT2D eigenvalue weighted by molar-refractivity contribution is 6.11. The van der Waals surface area contributed by atoms with Crippen molar-refractivity contribution in [3.05, 3.63) is 72.1 Å². The molecule has 2 heterocycles. The third-order valence-corrected chi connectivity index (χ3v) is 4.79. The van der Waals surface area contributed by atoms with Gasteiger partial charge in [0.1, 0.15) is 0 Å². The van der Waals surface area contributed by atoms with Crippen molar-refractivity contribution in [2.24, 2.45) is 0 Å². The zero-order chi connectivity index (χ0) is 18.8. The van der Waals surface area contributed by atoms with Crippen molar-refractivity contribution in [2.75, 3.05) is 6.61 Å². The molecule has 0 fully saturated rings. The molecule has 2 aromatic carbocycles. The molecule has 0 atom stereocenters. The van der Waals surface area contributed by atoms with Crippen LogP contribution < -0.4 is 0 Å². The number of aryl methyl sites for hydroxylation is 1. The van der Waals surface area contributed by atoms with E-state index in [1.807, 2.05) is 43.3 Å². The summed E-state index contributed by atoms with van der Waals surface area (Å²) in [6.07, 6.45) is 1.85. The number of ether oxygens (including phenoxy) is 1. The van der Waals surface area contributed by atoms with Crippen LogP contribution in [0.25, 0.3) is 27.5 Å². The van der Waals surface area contributed by atoms with E-state index in [1.54, 1.807) is 0 Å². The van der Waals surface area contributed by atoms with Crippen LogP contribution in [0.15, 0.2) is 60.7 Å². The minimum atomic E-state index is -0.363. The van der Waals surface area contributed by atoms with Crippen LogP contribution in [0, 0.1) is 6.92 Å². The number of benzene rings is 2. The van der Waals surface area contributed by atoms with Gasteiger partial charge in [-0.2, -0.15) is 0 Å². The molecule has 0 spiro atoms. The standard InChI is InChI=1S/C23H22N2O2/c1-3-4-14-27-23(26)19-15-21-22(16(2)24-19)18-12-8-9-13-20(18)25(21)17-10-6-5-7-11-17/h5-13,15H,3-4,14H2,1-2H3. The number of hydrogen-bond acceptors (Lipinski definition) is 3. The lowest BCUT2D eigenvalue weighted by atomic mass is 10.1. The van der Waals surface area contributed by atoms with Gasteiger partial charge in [0.15, 0.2) is 5.69 Å². The third kappa shape index (κ3) is 3.08. The van der Waals surface area contributed by atoms with E-state index >= 15 is 0 Å². The molecule has 2 aromatic heterocycles. The number of pyridine rings is 1. The minimum absolute atomic E-state index is 0.357. The van der Waals surface area contributed by atoms with Crippen LogP contribution in [-0.2, 0) is 4.74 Å². The summed E-state index contributed by atoms with van der Waals surface area (Å²) >= 11 is 0. The van der Waals surface area contributed by atoms with Crippen molar-refractivity contribution in [2.45, 2.75) is 26.7 Å². The molecule has 0 aliphatic carbocycles. The molecule has 0 unspecified atom stereocenters. The number of para-hydroxylation sites is 2. The van der Waals surface area contributed by atoms with E-state index in [2.05, 4.69) is 40.7 Å². The highest BCUT2D eigenvalue weighted by Gasteiger charge is 2.18. The summed E-state index contributed by atoms with van der Waals surface area (Å²) < 4.78 is 7.56. The molecule has 0 saturated heterocycles. The quantitative estimate of drug-likeness (QED) is 0.352. The molecule has 4 aromatic rings. The largest absolute Gasteiger partial charge is 0.461 e. The van der Waals surface area contributed by atoms with E-state index in [0.29, 0.717) is 12.3 Å². The summed E-state index contributed by atoms with van der Waals surface area (Å²) in [7, 11) is 0. The van der Waals surface area contributed by atoms with Crippen LogP contribution in [0.1, 0.15) is 35.9 Å². The van der Waals surface area contributed by atoms with Gasteiger partial charge in [0.25, 0.3) is 0 Å². The van der Waals surface area contributed by atoms with Crippen molar-refractivity contribution in [1.29, 1.82) is 0 Å². The normalized spacial score (nSPS) is 11.2. The van der Waals surface area contributed by atoms with E-state index in [1.165, 1.54) is 0 Å². The Morgan fingerprint density at radius 3 is 2.56 bits per heavy atom. The van der Waals surface area contributed by atoms with Gasteiger partial charge in [-0.05, 0) is 37.6 Å². The number of nitrogens with zero attached hydrogens (tertiary/aromatic N) is 2. The second kappa shape index (κ2) is 7.23. The average Bonchev–Trinajstić information content (AvgIpc) is 3.03. The number of fused-ring (bicyclic) bond motifs is 3. The van der Waals surface area contributed by atoms with Crippen LogP contribution in [-0.4, -0.2) is 22.1 Å². The Hall–Kier alpha value is -3.14. The minimum Gasteiger partial charge on any atom is -0.461 e. The van der Waals surface area contributed by atoms with Gasteiger partial charge in [0.2, 0.25) is 0 Å². The Bertz CT molecular complexity index is 1110. The molecule has 4 nitrogen and oxygen atoms in total. The van der Waals surface area contributed by atoms with Crippen molar-refractivity contribution in [1.82, 2.24) is 9.55 Å². The summed E-state index contributed by atoms with van der Waals surface area (Å²) in [4.78, 5) is 17.0. The zero-order valence-electron chi connectivity index (χ0n) is 15.6. The lowest BCUT2D eigenvalue weighted by Gasteiger charge is -2.09. The van der Waals surface area contributed by atoms with Gasteiger partial charge in [-0.25, -0.2) is 9.78 Å². The number of aromatic nitrogens is 2. The molecule has 0 aliphatic rings. The Kier molecular flexibility index (Phi) is 4.63. The second-order valence-corrected chi connectivity index (χ2v) is 6.66. The topological polar surface area (TPSA) is 44.1 Å². The first kappa shape index (κ1) is 17.3. The first-order chi connectivity index (χ1) is 13.2. The van der Waals surface area contributed by atoms with Gasteiger partial charge in [-0.15, -0.1) is 0 Å². The van der Waals surface area contributed by atoms with Gasteiger partial charge < -0.3 is 9.30 Å². The Labute approximate surface area is 158 Å². The fourth-order valence-corrected chi connectivity index (χ4v) is 3.52. The van der Waals surface area contributed by atoms with Crippen molar-refractivity contribution in [3.8, 4) is 5.69 Å². The van der Waals surface area contributed by atoms with Crippen LogP contribution in [0.3, 0.4) is 0 Å². The van der Waals surface area contributed by atoms with E-state index in [0.717, 1.165) is 46.0 Å². The summed E-state index contributed by atoms with van der Waals surface area (Å²) in [6, 6.07) is 20.3.